The summed E-state index contributed by atoms with van der Waals surface area (Å²) in [6.07, 6.45) is 1.41. The normalized spacial score (nSPS) is 14.0. The number of halogens is 1. The Kier molecular flexibility index (Phi) is 8.48. The Balaban J connectivity index is 1.24. The largest absolute Gasteiger partial charge is 0.497 e. The number of barbiturate groups is 1. The summed E-state index contributed by atoms with van der Waals surface area (Å²) >= 11 is 6.21. The Morgan fingerprint density at radius 2 is 1.44 bits per heavy atom. The summed E-state index contributed by atoms with van der Waals surface area (Å²) < 4.78 is 17.4. The van der Waals surface area contributed by atoms with Crippen LogP contribution < -0.4 is 24.4 Å². The number of nitrogens with one attached hydrogen (secondary N) is 1. The second kappa shape index (κ2) is 13.0. The topological polar surface area (TPSA) is 94.2 Å². The smallest absolute Gasteiger partial charge is 0.335 e. The number of anilines is 1. The fourth-order valence-electron chi connectivity index (χ4n) is 4.98. The number of carbonyl (C=O) groups is 3. The van der Waals surface area contributed by atoms with Crippen molar-refractivity contribution in [2.45, 2.75) is 13.2 Å². The molecule has 45 heavy (non-hydrogen) atoms. The van der Waals surface area contributed by atoms with Crippen LogP contribution in [0, 0.1) is 0 Å². The Hall–Kier alpha value is -5.60. The maximum absolute atomic E-state index is 13.6. The molecule has 8 nitrogen and oxygen atoms in total. The molecule has 0 atom stereocenters. The maximum atomic E-state index is 13.6. The lowest BCUT2D eigenvalue weighted by molar-refractivity contribution is -0.122. The Labute approximate surface area is 264 Å². The van der Waals surface area contributed by atoms with E-state index in [4.69, 9.17) is 25.8 Å². The SMILES string of the molecule is COc1ccc(/C=C2\C(=O)NC(=O)N(c3ccc(OCc4ccccc4Cl)cc3)C2=O)c(OCc2cccc3ccccc23)c1. The number of methoxy groups -OCH3 is 1. The van der Waals surface area contributed by atoms with Crippen LogP contribution in [0.15, 0.2) is 115 Å². The maximum Gasteiger partial charge on any atom is 0.335 e. The standard InChI is InChI=1S/C36H27ClN2O6/c1-43-29-16-13-24(33(20-29)45-21-25-10-6-9-23-7-2-4-11-30(23)25)19-31-34(40)38-36(42)39(35(31)41)27-14-17-28(18-15-27)44-22-26-8-3-5-12-32(26)37/h2-20H,21-22H2,1H3,(H,38,40,42)/b31-19+. The van der Waals surface area contributed by atoms with E-state index in [1.807, 2.05) is 60.7 Å². The van der Waals surface area contributed by atoms with Gasteiger partial charge in [0.05, 0.1) is 12.8 Å². The predicted molar refractivity (Wildman–Crippen MR) is 173 cm³/mol. The molecule has 5 aromatic carbocycles. The number of hydrogen-bond acceptors (Lipinski definition) is 6. The summed E-state index contributed by atoms with van der Waals surface area (Å²) in [5.41, 5.74) is 2.29. The number of benzene rings is 5. The zero-order chi connectivity index (χ0) is 31.3. The highest BCUT2D eigenvalue weighted by Crippen LogP contribution is 2.31. The van der Waals surface area contributed by atoms with Crippen LogP contribution >= 0.6 is 11.6 Å². The zero-order valence-corrected chi connectivity index (χ0v) is 24.9. The molecule has 4 amide bonds. The van der Waals surface area contributed by atoms with Crippen LogP contribution in [0.3, 0.4) is 0 Å². The Bertz CT molecular complexity index is 1950. The van der Waals surface area contributed by atoms with Crippen molar-refractivity contribution in [3.63, 3.8) is 0 Å². The van der Waals surface area contributed by atoms with Crippen molar-refractivity contribution in [3.8, 4) is 17.2 Å². The van der Waals surface area contributed by atoms with Gasteiger partial charge in [-0.3, -0.25) is 14.9 Å². The molecule has 0 unspecified atom stereocenters. The highest BCUT2D eigenvalue weighted by atomic mass is 35.5. The molecule has 0 saturated carbocycles. The first kappa shape index (κ1) is 29.5. The van der Waals surface area contributed by atoms with Gasteiger partial charge in [0.25, 0.3) is 11.8 Å². The highest BCUT2D eigenvalue weighted by molar-refractivity contribution is 6.39. The van der Waals surface area contributed by atoms with E-state index in [2.05, 4.69) is 5.32 Å². The van der Waals surface area contributed by atoms with Crippen LogP contribution in [0.2, 0.25) is 5.02 Å². The van der Waals surface area contributed by atoms with Gasteiger partial charge in [0, 0.05) is 22.2 Å². The van der Waals surface area contributed by atoms with Gasteiger partial charge in [-0.2, -0.15) is 0 Å². The molecular weight excluding hydrogens is 592 g/mol. The van der Waals surface area contributed by atoms with Crippen molar-refractivity contribution in [2.75, 3.05) is 12.0 Å². The van der Waals surface area contributed by atoms with Gasteiger partial charge >= 0.3 is 6.03 Å². The molecule has 224 valence electrons. The quantitative estimate of drug-likeness (QED) is 0.137. The van der Waals surface area contributed by atoms with Crippen LogP contribution in [0.5, 0.6) is 17.2 Å². The third-order valence-electron chi connectivity index (χ3n) is 7.33. The number of fused-ring (bicyclic) bond motifs is 1. The lowest BCUT2D eigenvalue weighted by atomic mass is 10.0. The van der Waals surface area contributed by atoms with Crippen molar-refractivity contribution in [1.29, 1.82) is 0 Å². The average molecular weight is 619 g/mol. The second-order valence-electron chi connectivity index (χ2n) is 10.2. The van der Waals surface area contributed by atoms with Crippen molar-refractivity contribution in [3.05, 3.63) is 136 Å². The van der Waals surface area contributed by atoms with Crippen LogP contribution in [0.25, 0.3) is 16.8 Å². The molecule has 1 fully saturated rings. The summed E-state index contributed by atoms with van der Waals surface area (Å²) in [5.74, 6) is -0.125. The van der Waals surface area contributed by atoms with Gasteiger partial charge in [-0.15, -0.1) is 0 Å². The monoisotopic (exact) mass is 618 g/mol. The summed E-state index contributed by atoms with van der Waals surface area (Å²) in [5, 5.41) is 4.99. The van der Waals surface area contributed by atoms with Crippen molar-refractivity contribution in [2.24, 2.45) is 0 Å². The third-order valence-corrected chi connectivity index (χ3v) is 7.70. The molecule has 0 radical (unpaired) electrons. The number of ether oxygens (including phenoxy) is 3. The van der Waals surface area contributed by atoms with Crippen LogP contribution in [-0.2, 0) is 22.8 Å². The lowest BCUT2D eigenvalue weighted by Gasteiger charge is -2.26. The number of imide groups is 2. The minimum atomic E-state index is -0.853. The van der Waals surface area contributed by atoms with Gasteiger partial charge in [-0.25, -0.2) is 9.69 Å². The minimum Gasteiger partial charge on any atom is -0.497 e. The van der Waals surface area contributed by atoms with Gasteiger partial charge in [0.1, 0.15) is 36.0 Å². The van der Waals surface area contributed by atoms with Gasteiger partial charge in [0.15, 0.2) is 0 Å². The van der Waals surface area contributed by atoms with Crippen LogP contribution in [0.4, 0.5) is 10.5 Å². The molecule has 1 heterocycles. The second-order valence-corrected chi connectivity index (χ2v) is 10.6. The number of nitrogens with zero attached hydrogens (tertiary/aromatic N) is 1. The summed E-state index contributed by atoms with van der Waals surface area (Å²) in [6.45, 7) is 0.483. The zero-order valence-electron chi connectivity index (χ0n) is 24.2. The highest BCUT2D eigenvalue weighted by Gasteiger charge is 2.37. The first-order valence-electron chi connectivity index (χ1n) is 14.1. The minimum absolute atomic E-state index is 0.228. The number of urea groups is 1. The van der Waals surface area contributed by atoms with E-state index in [-0.39, 0.29) is 24.5 Å². The van der Waals surface area contributed by atoms with E-state index in [0.717, 1.165) is 26.8 Å². The molecule has 0 aromatic heterocycles. The molecule has 1 N–H and O–H groups in total. The summed E-state index contributed by atoms with van der Waals surface area (Å²) in [7, 11) is 1.54. The fraction of sp³-hybridized carbons (Fsp3) is 0.0833. The van der Waals surface area contributed by atoms with E-state index in [0.29, 0.717) is 27.8 Å². The summed E-state index contributed by atoms with van der Waals surface area (Å²) in [4.78, 5) is 40.3. The van der Waals surface area contributed by atoms with Crippen LogP contribution in [-0.4, -0.2) is 25.0 Å². The number of carbonyl (C=O) groups excluding carboxylic acids is 3. The molecule has 5 aromatic rings. The van der Waals surface area contributed by atoms with Gasteiger partial charge in [0.2, 0.25) is 0 Å². The predicted octanol–water partition coefficient (Wildman–Crippen LogP) is 7.33. The van der Waals surface area contributed by atoms with Gasteiger partial charge in [-0.05, 0) is 64.9 Å². The molecular formula is C36H27ClN2O6. The molecule has 6 rings (SSSR count). The molecule has 0 spiro atoms. The first-order valence-corrected chi connectivity index (χ1v) is 14.4. The van der Waals surface area contributed by atoms with Crippen molar-refractivity contribution < 1.29 is 28.6 Å². The van der Waals surface area contributed by atoms with E-state index in [1.165, 1.54) is 13.2 Å². The fourth-order valence-corrected chi connectivity index (χ4v) is 5.17. The van der Waals surface area contributed by atoms with E-state index in [1.54, 1.807) is 48.5 Å². The molecule has 1 saturated heterocycles. The summed E-state index contributed by atoms with van der Waals surface area (Å²) in [6, 6.07) is 32.0. The Morgan fingerprint density at radius 1 is 0.756 bits per heavy atom. The lowest BCUT2D eigenvalue weighted by Crippen LogP contribution is -2.54. The van der Waals surface area contributed by atoms with E-state index in [9.17, 15) is 14.4 Å². The van der Waals surface area contributed by atoms with Gasteiger partial charge in [-0.1, -0.05) is 72.3 Å². The molecule has 0 bridgehead atoms. The van der Waals surface area contributed by atoms with Crippen molar-refractivity contribution in [1.82, 2.24) is 5.32 Å². The van der Waals surface area contributed by atoms with E-state index >= 15 is 0 Å². The average Bonchev–Trinajstić information content (AvgIpc) is 3.06. The van der Waals surface area contributed by atoms with Gasteiger partial charge < -0.3 is 14.2 Å². The number of hydrogen-bond donors (Lipinski definition) is 1. The number of rotatable bonds is 9. The molecule has 9 heteroatoms. The van der Waals surface area contributed by atoms with E-state index < -0.39 is 17.8 Å². The molecule has 1 aliphatic rings. The Morgan fingerprint density at radius 3 is 2.24 bits per heavy atom. The van der Waals surface area contributed by atoms with Crippen LogP contribution in [0.1, 0.15) is 16.7 Å². The molecule has 0 aliphatic carbocycles. The third kappa shape index (κ3) is 6.37. The van der Waals surface area contributed by atoms with Crippen molar-refractivity contribution >= 4 is 52.0 Å². The number of amides is 4. The molecule has 1 aliphatic heterocycles. The first-order chi connectivity index (χ1) is 21.9.